The zero-order valence-corrected chi connectivity index (χ0v) is 18.0. The van der Waals surface area contributed by atoms with Gasteiger partial charge in [0.05, 0.1) is 28.3 Å². The lowest BCUT2D eigenvalue weighted by Crippen LogP contribution is -2.24. The van der Waals surface area contributed by atoms with Gasteiger partial charge in [0.15, 0.2) is 21.1 Å². The normalized spacial score (nSPS) is 12.1. The molecule has 32 heavy (non-hydrogen) atoms. The average Bonchev–Trinajstić information content (AvgIpc) is 3.26. The zero-order valence-electron chi connectivity index (χ0n) is 16.5. The van der Waals surface area contributed by atoms with Crippen molar-refractivity contribution in [3.8, 4) is 5.69 Å². The lowest BCUT2D eigenvalue weighted by Gasteiger charge is -2.09. The summed E-state index contributed by atoms with van der Waals surface area (Å²) in [7, 11) is -3.65. The van der Waals surface area contributed by atoms with E-state index < -0.39 is 15.8 Å². The maximum Gasteiger partial charge on any atom is 0.212 e. The van der Waals surface area contributed by atoms with Crippen LogP contribution in [0.15, 0.2) is 60.0 Å². The van der Waals surface area contributed by atoms with Crippen LogP contribution in [-0.2, 0) is 16.4 Å². The highest BCUT2D eigenvalue weighted by atomic mass is 35.5. The summed E-state index contributed by atoms with van der Waals surface area (Å²) in [5.74, 6) is -0.167. The van der Waals surface area contributed by atoms with Gasteiger partial charge in [0.1, 0.15) is 17.9 Å². The van der Waals surface area contributed by atoms with Crippen LogP contribution in [0.3, 0.4) is 0 Å². The Bertz CT molecular complexity index is 1610. The fraction of sp³-hybridized carbons (Fsp3) is 0.100. The number of benzene rings is 1. The van der Waals surface area contributed by atoms with E-state index in [4.69, 9.17) is 11.6 Å². The molecular formula is C20H14ClFN6O3S. The van der Waals surface area contributed by atoms with E-state index in [2.05, 4.69) is 15.1 Å². The highest BCUT2D eigenvalue weighted by Crippen LogP contribution is 2.27. The molecule has 0 fully saturated rings. The predicted octanol–water partition coefficient (Wildman–Crippen LogP) is 2.65. The van der Waals surface area contributed by atoms with Crippen LogP contribution in [0.4, 0.5) is 4.39 Å². The van der Waals surface area contributed by atoms with Crippen LogP contribution in [-0.4, -0.2) is 39.0 Å². The number of hydrogen-bond acceptors (Lipinski definition) is 6. The standard InChI is InChI=1S/C20H14ClFN6O3S/c1-32(30,31)20-14-6-7-26(29)10-17(14)27(25-20)11-19-24-15-8-12(21)2-4-16(15)28(19)13-3-5-18(22)23-9-13/h2-10H,11H2,1H3. The van der Waals surface area contributed by atoms with Crippen molar-refractivity contribution in [3.05, 3.63) is 77.0 Å². The monoisotopic (exact) mass is 472 g/mol. The Kier molecular flexibility index (Phi) is 4.60. The quantitative estimate of drug-likeness (QED) is 0.226. The molecule has 0 aliphatic carbocycles. The molecule has 5 aromatic rings. The molecule has 5 rings (SSSR count). The molecular weight excluding hydrogens is 459 g/mol. The second-order valence-corrected chi connectivity index (χ2v) is 9.54. The van der Waals surface area contributed by atoms with Crippen molar-refractivity contribution in [1.29, 1.82) is 0 Å². The van der Waals surface area contributed by atoms with Gasteiger partial charge in [0.25, 0.3) is 0 Å². The number of pyridine rings is 2. The van der Waals surface area contributed by atoms with Crippen molar-refractivity contribution in [3.63, 3.8) is 0 Å². The molecule has 12 heteroatoms. The van der Waals surface area contributed by atoms with E-state index in [0.29, 0.717) is 43.2 Å². The Morgan fingerprint density at radius 1 is 1.19 bits per heavy atom. The van der Waals surface area contributed by atoms with E-state index in [9.17, 15) is 18.0 Å². The van der Waals surface area contributed by atoms with Gasteiger partial charge in [-0.05, 0) is 30.3 Å². The maximum atomic E-state index is 13.4. The van der Waals surface area contributed by atoms with Gasteiger partial charge in [0, 0.05) is 17.3 Å². The smallest absolute Gasteiger partial charge is 0.212 e. The first-order chi connectivity index (χ1) is 15.2. The molecule has 4 heterocycles. The Morgan fingerprint density at radius 2 is 2.00 bits per heavy atom. The molecule has 9 nitrogen and oxygen atoms in total. The van der Waals surface area contributed by atoms with Gasteiger partial charge in [-0.25, -0.2) is 23.1 Å². The lowest BCUT2D eigenvalue weighted by atomic mass is 10.3. The van der Waals surface area contributed by atoms with E-state index in [1.807, 2.05) is 0 Å². The fourth-order valence-corrected chi connectivity index (χ4v) is 4.58. The van der Waals surface area contributed by atoms with Gasteiger partial charge in [-0.3, -0.25) is 4.57 Å². The molecule has 0 amide bonds. The zero-order chi connectivity index (χ0) is 22.6. The second-order valence-electron chi connectivity index (χ2n) is 7.17. The number of sulfone groups is 1. The van der Waals surface area contributed by atoms with Gasteiger partial charge >= 0.3 is 0 Å². The number of halogens is 2. The van der Waals surface area contributed by atoms with Crippen molar-refractivity contribution in [2.75, 3.05) is 6.26 Å². The van der Waals surface area contributed by atoms with E-state index in [0.717, 1.165) is 6.26 Å². The van der Waals surface area contributed by atoms with Crippen LogP contribution in [0.25, 0.3) is 27.6 Å². The molecule has 162 valence electrons. The van der Waals surface area contributed by atoms with Crippen molar-refractivity contribution in [2.24, 2.45) is 0 Å². The third-order valence-electron chi connectivity index (χ3n) is 4.93. The van der Waals surface area contributed by atoms with E-state index in [1.54, 1.807) is 28.8 Å². The van der Waals surface area contributed by atoms with Gasteiger partial charge < -0.3 is 5.21 Å². The molecule has 0 radical (unpaired) electrons. The Morgan fingerprint density at radius 3 is 2.72 bits per heavy atom. The van der Waals surface area contributed by atoms with Crippen LogP contribution in [0.5, 0.6) is 0 Å². The number of imidazole rings is 1. The molecule has 0 unspecified atom stereocenters. The minimum absolute atomic E-state index is 0.0275. The number of rotatable bonds is 4. The average molecular weight is 473 g/mol. The van der Waals surface area contributed by atoms with E-state index in [1.165, 1.54) is 35.4 Å². The molecule has 0 saturated carbocycles. The Balaban J connectivity index is 1.75. The van der Waals surface area contributed by atoms with Crippen molar-refractivity contribution < 1.29 is 17.5 Å². The molecule has 0 bridgehead atoms. The Labute approximate surface area is 185 Å². The molecule has 0 aliphatic rings. The van der Waals surface area contributed by atoms with E-state index in [-0.39, 0.29) is 11.6 Å². The second kappa shape index (κ2) is 7.24. The molecule has 0 spiro atoms. The van der Waals surface area contributed by atoms with Gasteiger partial charge in [-0.15, -0.1) is 0 Å². The first kappa shape index (κ1) is 20.3. The van der Waals surface area contributed by atoms with Crippen LogP contribution in [0, 0.1) is 11.2 Å². The summed E-state index contributed by atoms with van der Waals surface area (Å²) in [6.07, 6.45) is 4.88. The van der Waals surface area contributed by atoms with Crippen molar-refractivity contribution in [2.45, 2.75) is 11.6 Å². The maximum absolute atomic E-state index is 13.4. The molecule has 0 saturated heterocycles. The molecule has 0 N–H and O–H groups in total. The summed E-state index contributed by atoms with van der Waals surface area (Å²) in [5.41, 5.74) is 2.15. The number of aromatic nitrogens is 6. The van der Waals surface area contributed by atoms with Crippen molar-refractivity contribution in [1.82, 2.24) is 24.3 Å². The number of fused-ring (bicyclic) bond motifs is 2. The van der Waals surface area contributed by atoms with Crippen LogP contribution >= 0.6 is 11.6 Å². The minimum atomic E-state index is -3.65. The van der Waals surface area contributed by atoms with Gasteiger partial charge in [0.2, 0.25) is 12.1 Å². The van der Waals surface area contributed by atoms with Crippen LogP contribution < -0.4 is 4.73 Å². The SMILES string of the molecule is CS(=O)(=O)c1nn(Cc2nc3cc(Cl)ccc3n2-c2ccc(F)nc2)c2c[n+]([O-])ccc12. The van der Waals surface area contributed by atoms with Gasteiger partial charge in [-0.1, -0.05) is 11.6 Å². The summed E-state index contributed by atoms with van der Waals surface area (Å²) in [6, 6.07) is 9.35. The third-order valence-corrected chi connectivity index (χ3v) is 6.17. The summed E-state index contributed by atoms with van der Waals surface area (Å²) in [6.45, 7) is 0.0275. The Hall–Kier alpha value is -3.57. The highest BCUT2D eigenvalue weighted by molar-refractivity contribution is 7.90. The third kappa shape index (κ3) is 3.45. The first-order valence-corrected chi connectivity index (χ1v) is 11.6. The lowest BCUT2D eigenvalue weighted by molar-refractivity contribution is -0.604. The molecule has 0 atom stereocenters. The van der Waals surface area contributed by atoms with Crippen LogP contribution in [0.2, 0.25) is 5.02 Å². The highest BCUT2D eigenvalue weighted by Gasteiger charge is 2.23. The minimum Gasteiger partial charge on any atom is -0.619 e. The summed E-state index contributed by atoms with van der Waals surface area (Å²) in [4.78, 5) is 8.35. The summed E-state index contributed by atoms with van der Waals surface area (Å²) < 4.78 is 41.6. The van der Waals surface area contributed by atoms with Crippen molar-refractivity contribution >= 4 is 43.4 Å². The number of hydrogen-bond donors (Lipinski definition) is 0. The van der Waals surface area contributed by atoms with E-state index >= 15 is 0 Å². The first-order valence-electron chi connectivity index (χ1n) is 9.29. The largest absolute Gasteiger partial charge is 0.619 e. The fourth-order valence-electron chi connectivity index (χ4n) is 3.60. The number of nitrogens with zero attached hydrogens (tertiary/aromatic N) is 6. The topological polar surface area (TPSA) is 110 Å². The summed E-state index contributed by atoms with van der Waals surface area (Å²) >= 11 is 6.12. The predicted molar refractivity (Wildman–Crippen MR) is 115 cm³/mol. The van der Waals surface area contributed by atoms with Crippen LogP contribution in [0.1, 0.15) is 5.82 Å². The van der Waals surface area contributed by atoms with Gasteiger partial charge in [-0.2, -0.15) is 14.2 Å². The molecule has 0 aliphatic heterocycles. The summed E-state index contributed by atoms with van der Waals surface area (Å²) in [5, 5.41) is 16.8. The molecule has 1 aromatic carbocycles. The molecule has 4 aromatic heterocycles.